The Labute approximate surface area is 102 Å². The van der Waals surface area contributed by atoms with Crippen molar-refractivity contribution in [3.05, 3.63) is 29.9 Å². The van der Waals surface area contributed by atoms with Gasteiger partial charge in [0.1, 0.15) is 0 Å². The molecule has 2 rings (SSSR count). The van der Waals surface area contributed by atoms with E-state index in [0.29, 0.717) is 23.8 Å². The number of halogens is 2. The molecule has 0 bridgehead atoms. The van der Waals surface area contributed by atoms with Crippen LogP contribution in [0.15, 0.2) is 22.6 Å². The normalized spacial score (nSPS) is 10.5. The standard InChI is InChI=1S/C11H10ClFN2O2/c1-16-9-3-2-7(6-8(9)13)11-15-14-10(17-11)4-5-12/h2-3,6H,4-5H2,1H3. The van der Waals surface area contributed by atoms with Crippen LogP contribution in [0.25, 0.3) is 11.5 Å². The maximum absolute atomic E-state index is 13.5. The minimum absolute atomic E-state index is 0.175. The molecule has 6 heteroatoms. The molecule has 0 fully saturated rings. The van der Waals surface area contributed by atoms with Crippen molar-refractivity contribution in [3.8, 4) is 17.2 Å². The maximum atomic E-state index is 13.5. The van der Waals surface area contributed by atoms with Gasteiger partial charge >= 0.3 is 0 Å². The number of alkyl halides is 1. The molecule has 0 atom stereocenters. The van der Waals surface area contributed by atoms with Crippen molar-refractivity contribution < 1.29 is 13.5 Å². The molecule has 90 valence electrons. The van der Waals surface area contributed by atoms with Gasteiger partial charge in [-0.2, -0.15) is 0 Å². The molecule has 1 heterocycles. The number of methoxy groups -OCH3 is 1. The van der Waals surface area contributed by atoms with Gasteiger partial charge in [0.2, 0.25) is 11.8 Å². The van der Waals surface area contributed by atoms with E-state index in [2.05, 4.69) is 10.2 Å². The predicted octanol–water partition coefficient (Wildman–Crippen LogP) is 2.67. The molecular weight excluding hydrogens is 247 g/mol. The Morgan fingerprint density at radius 1 is 1.41 bits per heavy atom. The Kier molecular flexibility index (Phi) is 3.58. The summed E-state index contributed by atoms with van der Waals surface area (Å²) in [6.07, 6.45) is 0.493. The minimum atomic E-state index is -0.470. The molecule has 4 nitrogen and oxygen atoms in total. The zero-order valence-corrected chi connectivity index (χ0v) is 9.87. The number of aromatic nitrogens is 2. The van der Waals surface area contributed by atoms with Crippen LogP contribution < -0.4 is 4.74 Å². The predicted molar refractivity (Wildman–Crippen MR) is 60.7 cm³/mol. The van der Waals surface area contributed by atoms with Crippen LogP contribution in [0.1, 0.15) is 5.89 Å². The summed E-state index contributed by atoms with van der Waals surface area (Å²) in [4.78, 5) is 0. The summed E-state index contributed by atoms with van der Waals surface area (Å²) < 4.78 is 23.6. The van der Waals surface area contributed by atoms with Crippen molar-refractivity contribution in [2.75, 3.05) is 13.0 Å². The molecule has 0 amide bonds. The average molecular weight is 257 g/mol. The smallest absolute Gasteiger partial charge is 0.247 e. The highest BCUT2D eigenvalue weighted by Crippen LogP contribution is 2.24. The molecule has 0 aliphatic rings. The Balaban J connectivity index is 2.29. The van der Waals surface area contributed by atoms with Gasteiger partial charge in [-0.1, -0.05) is 0 Å². The zero-order valence-electron chi connectivity index (χ0n) is 9.11. The van der Waals surface area contributed by atoms with E-state index in [1.54, 1.807) is 6.07 Å². The summed E-state index contributed by atoms with van der Waals surface area (Å²) in [5.41, 5.74) is 0.511. The Bertz CT molecular complexity index is 516. The van der Waals surface area contributed by atoms with Crippen molar-refractivity contribution in [2.24, 2.45) is 0 Å². The Morgan fingerprint density at radius 2 is 2.24 bits per heavy atom. The molecule has 17 heavy (non-hydrogen) atoms. The minimum Gasteiger partial charge on any atom is -0.494 e. The van der Waals surface area contributed by atoms with Crippen molar-refractivity contribution >= 4 is 11.6 Å². The SMILES string of the molecule is COc1ccc(-c2nnc(CCCl)o2)cc1F. The van der Waals surface area contributed by atoms with E-state index in [1.165, 1.54) is 19.2 Å². The van der Waals surface area contributed by atoms with E-state index in [1.807, 2.05) is 0 Å². The summed E-state index contributed by atoms with van der Waals surface area (Å²) in [6, 6.07) is 4.45. The summed E-state index contributed by atoms with van der Waals surface area (Å²) in [5.74, 6) is 0.813. The van der Waals surface area contributed by atoms with Gasteiger partial charge in [-0.05, 0) is 18.2 Å². The van der Waals surface area contributed by atoms with Crippen molar-refractivity contribution in [1.82, 2.24) is 10.2 Å². The van der Waals surface area contributed by atoms with E-state index >= 15 is 0 Å². The molecule has 0 aliphatic heterocycles. The third-order valence-corrected chi connectivity index (χ3v) is 2.36. The second-order valence-corrected chi connectivity index (χ2v) is 3.67. The van der Waals surface area contributed by atoms with E-state index < -0.39 is 5.82 Å². The summed E-state index contributed by atoms with van der Waals surface area (Å²) in [7, 11) is 1.41. The number of hydrogen-bond acceptors (Lipinski definition) is 4. The van der Waals surface area contributed by atoms with Gasteiger partial charge in [0.25, 0.3) is 0 Å². The maximum Gasteiger partial charge on any atom is 0.247 e. The highest BCUT2D eigenvalue weighted by molar-refractivity contribution is 6.17. The van der Waals surface area contributed by atoms with Crippen LogP contribution in [0.2, 0.25) is 0 Å². The first-order valence-electron chi connectivity index (χ1n) is 4.97. The quantitative estimate of drug-likeness (QED) is 0.789. The van der Waals surface area contributed by atoms with Crippen LogP contribution in [-0.2, 0) is 6.42 Å². The first-order chi connectivity index (χ1) is 8.24. The first-order valence-corrected chi connectivity index (χ1v) is 5.50. The van der Waals surface area contributed by atoms with Crippen LogP contribution in [-0.4, -0.2) is 23.2 Å². The lowest BCUT2D eigenvalue weighted by Crippen LogP contribution is -1.88. The lowest BCUT2D eigenvalue weighted by Gasteiger charge is -2.01. The zero-order chi connectivity index (χ0) is 12.3. The lowest BCUT2D eigenvalue weighted by atomic mass is 10.2. The van der Waals surface area contributed by atoms with Crippen LogP contribution in [0.5, 0.6) is 5.75 Å². The van der Waals surface area contributed by atoms with Crippen LogP contribution in [0.4, 0.5) is 4.39 Å². The molecule has 0 N–H and O–H groups in total. The molecule has 0 spiro atoms. The highest BCUT2D eigenvalue weighted by Gasteiger charge is 2.11. The fraction of sp³-hybridized carbons (Fsp3) is 0.273. The Hall–Kier alpha value is -1.62. The van der Waals surface area contributed by atoms with Crippen molar-refractivity contribution in [3.63, 3.8) is 0 Å². The number of aryl methyl sites for hydroxylation is 1. The number of nitrogens with zero attached hydrogens (tertiary/aromatic N) is 2. The van der Waals surface area contributed by atoms with Gasteiger partial charge in [-0.25, -0.2) is 4.39 Å². The van der Waals surface area contributed by atoms with Crippen molar-refractivity contribution in [1.29, 1.82) is 0 Å². The van der Waals surface area contributed by atoms with Crippen LogP contribution in [0.3, 0.4) is 0 Å². The van der Waals surface area contributed by atoms with E-state index in [9.17, 15) is 4.39 Å². The molecule has 2 aromatic rings. The van der Waals surface area contributed by atoms with E-state index in [0.717, 1.165) is 0 Å². The second-order valence-electron chi connectivity index (χ2n) is 3.29. The third kappa shape index (κ3) is 2.55. The monoisotopic (exact) mass is 256 g/mol. The van der Waals surface area contributed by atoms with Gasteiger partial charge in [0.05, 0.1) is 7.11 Å². The molecule has 0 saturated heterocycles. The topological polar surface area (TPSA) is 48.2 Å². The van der Waals surface area contributed by atoms with Gasteiger partial charge < -0.3 is 9.15 Å². The number of benzene rings is 1. The second kappa shape index (κ2) is 5.14. The average Bonchev–Trinajstić information content (AvgIpc) is 2.78. The summed E-state index contributed by atoms with van der Waals surface area (Å²) >= 11 is 5.55. The molecule has 0 aliphatic carbocycles. The van der Waals surface area contributed by atoms with Gasteiger partial charge in [0, 0.05) is 17.9 Å². The molecule has 0 unspecified atom stereocenters. The molecule has 1 aromatic carbocycles. The molecule has 1 aromatic heterocycles. The Morgan fingerprint density at radius 3 is 2.88 bits per heavy atom. The number of hydrogen-bond donors (Lipinski definition) is 0. The molecule has 0 saturated carbocycles. The summed E-state index contributed by atoms with van der Waals surface area (Å²) in [5, 5.41) is 7.62. The fourth-order valence-electron chi connectivity index (χ4n) is 1.35. The summed E-state index contributed by atoms with van der Waals surface area (Å²) in [6.45, 7) is 0. The lowest BCUT2D eigenvalue weighted by molar-refractivity contribution is 0.386. The third-order valence-electron chi connectivity index (χ3n) is 2.17. The van der Waals surface area contributed by atoms with Crippen LogP contribution >= 0.6 is 11.6 Å². The highest BCUT2D eigenvalue weighted by atomic mass is 35.5. The van der Waals surface area contributed by atoms with Crippen LogP contribution in [0, 0.1) is 5.82 Å². The van der Waals surface area contributed by atoms with E-state index in [-0.39, 0.29) is 11.6 Å². The number of rotatable bonds is 4. The molecular formula is C11H10ClFN2O2. The molecule has 0 radical (unpaired) electrons. The van der Waals surface area contributed by atoms with Gasteiger partial charge in [-0.15, -0.1) is 21.8 Å². The van der Waals surface area contributed by atoms with Gasteiger partial charge in [0.15, 0.2) is 11.6 Å². The van der Waals surface area contributed by atoms with Gasteiger partial charge in [-0.3, -0.25) is 0 Å². The largest absolute Gasteiger partial charge is 0.494 e. The number of ether oxygens (including phenoxy) is 1. The fourth-order valence-corrected chi connectivity index (χ4v) is 1.51. The van der Waals surface area contributed by atoms with Crippen molar-refractivity contribution in [2.45, 2.75) is 6.42 Å². The van der Waals surface area contributed by atoms with E-state index in [4.69, 9.17) is 20.8 Å². The first kappa shape index (κ1) is 11.9.